The Morgan fingerprint density at radius 2 is 2.35 bits per heavy atom. The van der Waals surface area contributed by atoms with Gasteiger partial charge in [-0.15, -0.1) is 0 Å². The van der Waals surface area contributed by atoms with Crippen molar-refractivity contribution in [2.75, 3.05) is 13.6 Å². The number of furan rings is 1. The molecule has 0 bridgehead atoms. The second-order valence-electron chi connectivity index (χ2n) is 3.80. The number of likely N-dealkylation sites (N-methyl/N-ethyl adjacent to an activating group) is 1. The van der Waals surface area contributed by atoms with Gasteiger partial charge in [-0.2, -0.15) is 0 Å². The van der Waals surface area contributed by atoms with Gasteiger partial charge in [0.25, 0.3) is 0 Å². The Kier molecular flexibility index (Phi) is 2.61. The maximum absolute atomic E-state index is 6.26. The van der Waals surface area contributed by atoms with E-state index in [2.05, 4.69) is 20.9 Å². The Morgan fingerprint density at radius 1 is 1.53 bits per heavy atom. The smallest absolute Gasteiger partial charge is 0.160 e. The molecule has 1 aromatic rings. The zero-order valence-electron chi connectivity index (χ0n) is 9.02. The fraction of sp³-hybridized carbons (Fsp3) is 0.182. The molecule has 0 aliphatic carbocycles. The summed E-state index contributed by atoms with van der Waals surface area (Å²) in [5.41, 5.74) is 0.735. The standard InChI is InChI=1S/C11H9BrClN3O/c1-15-6-7(12)11-14-8(5-10(13)16(11)15)9-3-2-4-17-9/h2-5H,6H2,1H3. The first-order valence-electron chi connectivity index (χ1n) is 5.06. The minimum absolute atomic E-state index is 0.610. The van der Waals surface area contributed by atoms with Crippen LogP contribution in [0.5, 0.6) is 0 Å². The van der Waals surface area contributed by atoms with Crippen LogP contribution in [0.3, 0.4) is 0 Å². The number of hydrogen-bond donors (Lipinski definition) is 0. The van der Waals surface area contributed by atoms with Gasteiger partial charge in [-0.25, -0.2) is 15.0 Å². The molecule has 0 radical (unpaired) electrons. The number of hydrazine groups is 1. The summed E-state index contributed by atoms with van der Waals surface area (Å²) in [5.74, 6) is 1.52. The molecule has 4 nitrogen and oxygen atoms in total. The van der Waals surface area contributed by atoms with Crippen LogP contribution in [0, 0.1) is 0 Å². The molecule has 0 saturated heterocycles. The first kappa shape index (κ1) is 11.1. The van der Waals surface area contributed by atoms with Crippen LogP contribution >= 0.6 is 27.5 Å². The molecule has 0 unspecified atom stereocenters. The summed E-state index contributed by atoms with van der Waals surface area (Å²) in [7, 11) is 1.96. The quantitative estimate of drug-likeness (QED) is 0.747. The molecule has 0 saturated carbocycles. The SMILES string of the molecule is CN1CC(Br)=C2N=C(c3ccco3)C=C(Cl)N21. The minimum atomic E-state index is 0.610. The number of aliphatic imine (C=N–C) groups is 1. The second-order valence-corrected chi connectivity index (χ2v) is 5.14. The zero-order valence-corrected chi connectivity index (χ0v) is 11.4. The molecule has 17 heavy (non-hydrogen) atoms. The first-order valence-corrected chi connectivity index (χ1v) is 6.23. The van der Waals surface area contributed by atoms with Crippen molar-refractivity contribution in [1.29, 1.82) is 0 Å². The summed E-state index contributed by atoms with van der Waals surface area (Å²) >= 11 is 9.77. The van der Waals surface area contributed by atoms with E-state index in [1.807, 2.05) is 29.2 Å². The first-order chi connectivity index (χ1) is 8.16. The van der Waals surface area contributed by atoms with E-state index in [1.165, 1.54) is 0 Å². The number of rotatable bonds is 1. The van der Waals surface area contributed by atoms with Crippen molar-refractivity contribution in [2.45, 2.75) is 0 Å². The van der Waals surface area contributed by atoms with Gasteiger partial charge in [-0.3, -0.25) is 0 Å². The molecule has 3 heterocycles. The van der Waals surface area contributed by atoms with Gasteiger partial charge in [0.2, 0.25) is 0 Å². The van der Waals surface area contributed by atoms with Crippen molar-refractivity contribution < 1.29 is 4.42 Å². The molecule has 1 aromatic heterocycles. The molecule has 0 N–H and O–H groups in total. The zero-order chi connectivity index (χ0) is 12.0. The lowest BCUT2D eigenvalue weighted by molar-refractivity contribution is 0.120. The Balaban J connectivity index is 2.08. The summed E-state index contributed by atoms with van der Waals surface area (Å²) in [6, 6.07) is 3.69. The van der Waals surface area contributed by atoms with Crippen molar-refractivity contribution in [3.8, 4) is 0 Å². The van der Waals surface area contributed by atoms with Gasteiger partial charge >= 0.3 is 0 Å². The number of hydrogen-bond acceptors (Lipinski definition) is 4. The summed E-state index contributed by atoms with van der Waals surface area (Å²) in [5, 5.41) is 4.46. The van der Waals surface area contributed by atoms with Gasteiger partial charge < -0.3 is 4.42 Å². The van der Waals surface area contributed by atoms with E-state index in [9.17, 15) is 0 Å². The van der Waals surface area contributed by atoms with E-state index < -0.39 is 0 Å². The number of allylic oxidation sites excluding steroid dienone is 1. The predicted molar refractivity (Wildman–Crippen MR) is 69.6 cm³/mol. The number of halogens is 2. The van der Waals surface area contributed by atoms with E-state index in [-0.39, 0.29) is 0 Å². The molecular weight excluding hydrogens is 305 g/mol. The lowest BCUT2D eigenvalue weighted by atomic mass is 10.2. The molecule has 2 aliphatic rings. The Hall–Kier alpha value is -1.04. The highest BCUT2D eigenvalue weighted by molar-refractivity contribution is 9.11. The molecule has 88 valence electrons. The van der Waals surface area contributed by atoms with Gasteiger partial charge in [0.1, 0.15) is 10.9 Å². The molecular formula is C11H9BrClN3O. The Morgan fingerprint density at radius 3 is 3.06 bits per heavy atom. The minimum Gasteiger partial charge on any atom is -0.463 e. The fourth-order valence-electron chi connectivity index (χ4n) is 1.86. The third-order valence-corrected chi connectivity index (χ3v) is 3.49. The summed E-state index contributed by atoms with van der Waals surface area (Å²) in [4.78, 5) is 4.55. The van der Waals surface area contributed by atoms with Crippen molar-refractivity contribution in [3.63, 3.8) is 0 Å². The van der Waals surface area contributed by atoms with Crippen LogP contribution in [0.4, 0.5) is 0 Å². The molecule has 0 amide bonds. The predicted octanol–water partition coefficient (Wildman–Crippen LogP) is 2.89. The maximum Gasteiger partial charge on any atom is 0.160 e. The lowest BCUT2D eigenvalue weighted by Crippen LogP contribution is -2.33. The summed E-state index contributed by atoms with van der Waals surface area (Å²) in [6.45, 7) is 0.758. The molecule has 2 aliphatic heterocycles. The van der Waals surface area contributed by atoms with Crippen LogP contribution in [0.15, 0.2) is 49.3 Å². The lowest BCUT2D eigenvalue weighted by Gasteiger charge is -2.28. The average Bonchev–Trinajstić information content (AvgIpc) is 2.88. The van der Waals surface area contributed by atoms with Crippen LogP contribution in [-0.4, -0.2) is 29.3 Å². The van der Waals surface area contributed by atoms with Gasteiger partial charge in [0.15, 0.2) is 11.6 Å². The highest BCUT2D eigenvalue weighted by atomic mass is 79.9. The van der Waals surface area contributed by atoms with Crippen molar-refractivity contribution in [1.82, 2.24) is 10.0 Å². The van der Waals surface area contributed by atoms with E-state index in [0.717, 1.165) is 22.6 Å². The highest BCUT2D eigenvalue weighted by Crippen LogP contribution is 2.35. The topological polar surface area (TPSA) is 32.0 Å². The molecule has 0 fully saturated rings. The molecule has 3 rings (SSSR count). The normalized spacial score (nSPS) is 20.5. The van der Waals surface area contributed by atoms with Crippen LogP contribution < -0.4 is 0 Å². The molecule has 0 spiro atoms. The van der Waals surface area contributed by atoms with E-state index in [0.29, 0.717) is 10.9 Å². The van der Waals surface area contributed by atoms with E-state index >= 15 is 0 Å². The van der Waals surface area contributed by atoms with E-state index in [4.69, 9.17) is 16.0 Å². The van der Waals surface area contributed by atoms with Crippen molar-refractivity contribution in [2.24, 2.45) is 4.99 Å². The second kappa shape index (κ2) is 4.01. The molecule has 0 aromatic carbocycles. The van der Waals surface area contributed by atoms with Crippen LogP contribution in [0.1, 0.15) is 5.76 Å². The maximum atomic E-state index is 6.26. The van der Waals surface area contributed by atoms with Gasteiger partial charge in [0, 0.05) is 13.1 Å². The average molecular weight is 315 g/mol. The van der Waals surface area contributed by atoms with E-state index in [1.54, 1.807) is 12.3 Å². The van der Waals surface area contributed by atoms with Crippen molar-refractivity contribution >= 4 is 33.2 Å². The van der Waals surface area contributed by atoms with Gasteiger partial charge in [0.05, 0.1) is 17.3 Å². The summed E-state index contributed by atoms with van der Waals surface area (Å²) < 4.78 is 6.34. The van der Waals surface area contributed by atoms with Crippen LogP contribution in [0.2, 0.25) is 0 Å². The summed E-state index contributed by atoms with van der Waals surface area (Å²) in [6.07, 6.45) is 3.42. The Labute approximate surface area is 112 Å². The fourth-order valence-corrected chi connectivity index (χ4v) is 2.79. The highest BCUT2D eigenvalue weighted by Gasteiger charge is 2.31. The van der Waals surface area contributed by atoms with Crippen LogP contribution in [0.25, 0.3) is 0 Å². The Bertz CT molecular complexity index is 547. The monoisotopic (exact) mass is 313 g/mol. The van der Waals surface area contributed by atoms with Gasteiger partial charge in [-0.05, 0) is 12.1 Å². The molecule has 0 atom stereocenters. The van der Waals surface area contributed by atoms with Gasteiger partial charge in [-0.1, -0.05) is 27.5 Å². The number of fused-ring (bicyclic) bond motifs is 1. The largest absolute Gasteiger partial charge is 0.463 e. The number of nitrogens with zero attached hydrogens (tertiary/aromatic N) is 3. The van der Waals surface area contributed by atoms with Crippen LogP contribution in [-0.2, 0) is 0 Å². The van der Waals surface area contributed by atoms with Crippen molar-refractivity contribution in [3.05, 3.63) is 45.7 Å². The third-order valence-electron chi connectivity index (χ3n) is 2.61. The third kappa shape index (κ3) is 1.74. The molecule has 6 heteroatoms.